The number of halogens is 1. The van der Waals surface area contributed by atoms with Gasteiger partial charge in [-0.3, -0.25) is 0 Å². The zero-order chi connectivity index (χ0) is 13.7. The van der Waals surface area contributed by atoms with E-state index >= 15 is 0 Å². The molecule has 0 spiro atoms. The fourth-order valence-corrected chi connectivity index (χ4v) is 4.16. The molecule has 2 nitrogen and oxygen atoms in total. The van der Waals surface area contributed by atoms with E-state index in [0.29, 0.717) is 0 Å². The summed E-state index contributed by atoms with van der Waals surface area (Å²) in [6.45, 7) is 0. The molecule has 0 fully saturated rings. The van der Waals surface area contributed by atoms with Crippen LogP contribution < -0.4 is 0 Å². The minimum Gasteiger partial charge on any atom is -0.508 e. The van der Waals surface area contributed by atoms with Crippen LogP contribution >= 0.6 is 27.3 Å². The van der Waals surface area contributed by atoms with Gasteiger partial charge in [-0.1, -0.05) is 40.2 Å². The molecule has 0 saturated heterocycles. The molecule has 0 atom stereocenters. The number of hydrogen-bond donors (Lipinski definition) is 1. The van der Waals surface area contributed by atoms with E-state index in [1.165, 1.54) is 16.0 Å². The van der Waals surface area contributed by atoms with E-state index < -0.39 is 0 Å². The molecule has 4 rings (SSSR count). The maximum atomic E-state index is 9.59. The highest BCUT2D eigenvalue weighted by Gasteiger charge is 2.25. The van der Waals surface area contributed by atoms with Crippen LogP contribution in [0.5, 0.6) is 5.75 Å². The summed E-state index contributed by atoms with van der Waals surface area (Å²) in [5.74, 6) is 0.279. The van der Waals surface area contributed by atoms with Crippen molar-refractivity contribution in [1.29, 1.82) is 0 Å². The SMILES string of the molecule is Oc1cccc(-c2nc3c(s2)Cc2c(Br)cccc2-3)c1. The molecule has 1 heterocycles. The summed E-state index contributed by atoms with van der Waals surface area (Å²) in [5.41, 5.74) is 4.60. The smallest absolute Gasteiger partial charge is 0.124 e. The summed E-state index contributed by atoms with van der Waals surface area (Å²) >= 11 is 5.31. The van der Waals surface area contributed by atoms with E-state index in [-0.39, 0.29) is 5.75 Å². The molecule has 0 bridgehead atoms. The Morgan fingerprint density at radius 3 is 2.85 bits per heavy atom. The van der Waals surface area contributed by atoms with Crippen molar-refractivity contribution in [1.82, 2.24) is 4.98 Å². The molecule has 1 N–H and O–H groups in total. The van der Waals surface area contributed by atoms with Crippen molar-refractivity contribution in [2.45, 2.75) is 6.42 Å². The van der Waals surface area contributed by atoms with E-state index in [1.54, 1.807) is 23.5 Å². The van der Waals surface area contributed by atoms with Gasteiger partial charge in [0, 0.05) is 26.9 Å². The van der Waals surface area contributed by atoms with E-state index in [0.717, 1.165) is 27.2 Å². The Morgan fingerprint density at radius 2 is 2.00 bits per heavy atom. The molecule has 0 unspecified atom stereocenters. The van der Waals surface area contributed by atoms with Crippen LogP contribution in [0.3, 0.4) is 0 Å². The van der Waals surface area contributed by atoms with Crippen LogP contribution in [0.15, 0.2) is 46.9 Å². The predicted octanol–water partition coefficient (Wildman–Crippen LogP) is 4.85. The van der Waals surface area contributed by atoms with Gasteiger partial charge in [0.25, 0.3) is 0 Å². The van der Waals surface area contributed by atoms with Gasteiger partial charge in [0.15, 0.2) is 0 Å². The number of fused-ring (bicyclic) bond motifs is 3. The molecule has 1 aliphatic rings. The van der Waals surface area contributed by atoms with Gasteiger partial charge in [-0.2, -0.15) is 0 Å². The number of phenols is 1. The monoisotopic (exact) mass is 343 g/mol. The molecular weight excluding hydrogens is 334 g/mol. The summed E-state index contributed by atoms with van der Waals surface area (Å²) in [7, 11) is 0. The predicted molar refractivity (Wildman–Crippen MR) is 85.2 cm³/mol. The van der Waals surface area contributed by atoms with Crippen molar-refractivity contribution >= 4 is 27.3 Å². The minimum absolute atomic E-state index is 0.279. The van der Waals surface area contributed by atoms with Crippen LogP contribution in [-0.2, 0) is 6.42 Å². The van der Waals surface area contributed by atoms with Gasteiger partial charge in [-0.15, -0.1) is 11.3 Å². The molecule has 98 valence electrons. The molecule has 2 aromatic carbocycles. The number of aromatic hydroxyl groups is 1. The van der Waals surface area contributed by atoms with Crippen LogP contribution in [0.1, 0.15) is 10.4 Å². The molecule has 20 heavy (non-hydrogen) atoms. The molecular formula is C16H10BrNOS. The fourth-order valence-electron chi connectivity index (χ4n) is 2.57. The number of thiazole rings is 1. The van der Waals surface area contributed by atoms with Crippen molar-refractivity contribution in [2.75, 3.05) is 0 Å². The molecule has 0 saturated carbocycles. The molecule has 4 heteroatoms. The molecule has 0 radical (unpaired) electrons. The van der Waals surface area contributed by atoms with E-state index in [9.17, 15) is 5.11 Å². The highest BCUT2D eigenvalue weighted by molar-refractivity contribution is 9.10. The van der Waals surface area contributed by atoms with Crippen molar-refractivity contribution in [3.05, 3.63) is 57.4 Å². The Morgan fingerprint density at radius 1 is 1.15 bits per heavy atom. The maximum absolute atomic E-state index is 9.59. The number of hydrogen-bond acceptors (Lipinski definition) is 3. The van der Waals surface area contributed by atoms with E-state index in [2.05, 4.69) is 28.1 Å². The zero-order valence-corrected chi connectivity index (χ0v) is 12.8. The van der Waals surface area contributed by atoms with Gasteiger partial charge < -0.3 is 5.11 Å². The standard InChI is InChI=1S/C16H10BrNOS/c17-13-6-2-5-11-12(13)8-14-15(11)18-16(20-14)9-3-1-4-10(19)7-9/h1-7,19H,8H2. The lowest BCUT2D eigenvalue weighted by Gasteiger charge is -2.02. The van der Waals surface area contributed by atoms with Gasteiger partial charge in [0.05, 0.1) is 5.69 Å². The molecule has 0 amide bonds. The minimum atomic E-state index is 0.279. The normalized spacial score (nSPS) is 12.2. The Balaban J connectivity index is 1.85. The summed E-state index contributed by atoms with van der Waals surface area (Å²) in [6, 6.07) is 13.5. The van der Waals surface area contributed by atoms with Gasteiger partial charge >= 0.3 is 0 Å². The second-order valence-electron chi connectivity index (χ2n) is 4.78. The summed E-state index contributed by atoms with van der Waals surface area (Å²) in [6.07, 6.45) is 0.933. The first-order valence-electron chi connectivity index (χ1n) is 6.29. The van der Waals surface area contributed by atoms with Crippen molar-refractivity contribution in [3.8, 4) is 27.6 Å². The van der Waals surface area contributed by atoms with Crippen LogP contribution in [0.25, 0.3) is 21.8 Å². The highest BCUT2D eigenvalue weighted by Crippen LogP contribution is 2.44. The number of aromatic nitrogens is 1. The van der Waals surface area contributed by atoms with Gasteiger partial charge in [-0.05, 0) is 23.8 Å². The van der Waals surface area contributed by atoms with Gasteiger partial charge in [0.2, 0.25) is 0 Å². The third-order valence-electron chi connectivity index (χ3n) is 3.50. The van der Waals surface area contributed by atoms with E-state index in [4.69, 9.17) is 4.98 Å². The zero-order valence-electron chi connectivity index (χ0n) is 10.4. The number of nitrogens with zero attached hydrogens (tertiary/aromatic N) is 1. The van der Waals surface area contributed by atoms with Crippen LogP contribution in [0.2, 0.25) is 0 Å². The molecule has 1 aromatic heterocycles. The largest absolute Gasteiger partial charge is 0.508 e. The average Bonchev–Trinajstić information content (AvgIpc) is 2.98. The van der Waals surface area contributed by atoms with Crippen LogP contribution in [-0.4, -0.2) is 10.1 Å². The molecule has 1 aliphatic carbocycles. The number of rotatable bonds is 1. The van der Waals surface area contributed by atoms with Crippen LogP contribution in [0.4, 0.5) is 0 Å². The second kappa shape index (κ2) is 4.43. The lowest BCUT2D eigenvalue weighted by molar-refractivity contribution is 0.475. The quantitative estimate of drug-likeness (QED) is 0.535. The van der Waals surface area contributed by atoms with Gasteiger partial charge in [-0.25, -0.2) is 4.98 Å². The first-order chi connectivity index (χ1) is 9.72. The summed E-state index contributed by atoms with van der Waals surface area (Å²) in [5, 5.41) is 10.6. The third-order valence-corrected chi connectivity index (χ3v) is 5.35. The first-order valence-corrected chi connectivity index (χ1v) is 7.90. The van der Waals surface area contributed by atoms with Crippen molar-refractivity contribution in [2.24, 2.45) is 0 Å². The fraction of sp³-hybridized carbons (Fsp3) is 0.0625. The second-order valence-corrected chi connectivity index (χ2v) is 6.72. The lowest BCUT2D eigenvalue weighted by Crippen LogP contribution is -1.83. The highest BCUT2D eigenvalue weighted by atomic mass is 79.9. The van der Waals surface area contributed by atoms with E-state index in [1.807, 2.05) is 18.2 Å². The van der Waals surface area contributed by atoms with Gasteiger partial charge in [0.1, 0.15) is 10.8 Å². The maximum Gasteiger partial charge on any atom is 0.124 e. The summed E-state index contributed by atoms with van der Waals surface area (Å²) in [4.78, 5) is 6.07. The van der Waals surface area contributed by atoms with Crippen molar-refractivity contribution in [3.63, 3.8) is 0 Å². The Kier molecular flexibility index (Phi) is 2.69. The molecule has 3 aromatic rings. The van der Waals surface area contributed by atoms with Crippen LogP contribution in [0, 0.1) is 0 Å². The Bertz CT molecular complexity index is 825. The topological polar surface area (TPSA) is 33.1 Å². The molecule has 0 aliphatic heterocycles. The van der Waals surface area contributed by atoms with Crippen molar-refractivity contribution < 1.29 is 5.11 Å². The number of benzene rings is 2. The lowest BCUT2D eigenvalue weighted by atomic mass is 10.1. The Hall–Kier alpha value is -1.65. The third kappa shape index (κ3) is 1.79. The first kappa shape index (κ1) is 12.1. The average molecular weight is 344 g/mol. The summed E-state index contributed by atoms with van der Waals surface area (Å²) < 4.78 is 1.15. The Labute approximate surface area is 128 Å². The number of phenolic OH excluding ortho intramolecular Hbond substituents is 1.